The van der Waals surface area contributed by atoms with Crippen LogP contribution in [0.2, 0.25) is 0 Å². The zero-order chi connectivity index (χ0) is 13.0. The lowest BCUT2D eigenvalue weighted by atomic mass is 10.2. The van der Waals surface area contributed by atoms with Crippen LogP contribution in [0.25, 0.3) is 11.4 Å². The Kier molecular flexibility index (Phi) is 4.04. The third-order valence-electron chi connectivity index (χ3n) is 2.62. The van der Waals surface area contributed by atoms with Crippen molar-refractivity contribution >= 4 is 0 Å². The summed E-state index contributed by atoms with van der Waals surface area (Å²) in [5, 5.41) is 7.16. The van der Waals surface area contributed by atoms with Gasteiger partial charge in [-0.2, -0.15) is 4.98 Å². The van der Waals surface area contributed by atoms with E-state index < -0.39 is 0 Å². The third kappa shape index (κ3) is 2.92. The molecule has 1 unspecified atom stereocenters. The third-order valence-corrected chi connectivity index (χ3v) is 2.62. The highest BCUT2D eigenvalue weighted by molar-refractivity contribution is 5.53. The van der Waals surface area contributed by atoms with Gasteiger partial charge in [-0.3, -0.25) is 0 Å². The predicted molar refractivity (Wildman–Crippen MR) is 66.4 cm³/mol. The number of hydrogen-bond donors (Lipinski definition) is 1. The molecule has 0 amide bonds. The van der Waals surface area contributed by atoms with E-state index in [0.717, 1.165) is 18.5 Å². The van der Waals surface area contributed by atoms with Gasteiger partial charge in [0.25, 0.3) is 0 Å². The summed E-state index contributed by atoms with van der Waals surface area (Å²) < 4.78 is 18.0. The highest BCUT2D eigenvalue weighted by Crippen LogP contribution is 2.18. The van der Waals surface area contributed by atoms with Crippen molar-refractivity contribution in [3.63, 3.8) is 0 Å². The van der Waals surface area contributed by atoms with Crippen LogP contribution < -0.4 is 5.32 Å². The number of halogens is 1. The Morgan fingerprint density at radius 3 is 2.72 bits per heavy atom. The standard InChI is InChI=1S/C13H16FN3O/c1-3-8-15-9(2)13-16-12(17-18-13)10-4-6-11(14)7-5-10/h4-7,9,15H,3,8H2,1-2H3. The van der Waals surface area contributed by atoms with Gasteiger partial charge in [0.15, 0.2) is 0 Å². The van der Waals surface area contributed by atoms with Crippen LogP contribution in [0.1, 0.15) is 32.2 Å². The molecule has 1 heterocycles. The van der Waals surface area contributed by atoms with Crippen LogP contribution in [0.5, 0.6) is 0 Å². The minimum atomic E-state index is -0.277. The maximum absolute atomic E-state index is 12.8. The Labute approximate surface area is 105 Å². The maximum Gasteiger partial charge on any atom is 0.243 e. The molecular weight excluding hydrogens is 233 g/mol. The molecule has 5 heteroatoms. The van der Waals surface area contributed by atoms with Gasteiger partial charge in [0, 0.05) is 5.56 Å². The predicted octanol–water partition coefficient (Wildman–Crippen LogP) is 2.94. The maximum atomic E-state index is 12.8. The topological polar surface area (TPSA) is 51.0 Å². The van der Waals surface area contributed by atoms with E-state index >= 15 is 0 Å². The minimum Gasteiger partial charge on any atom is -0.337 e. The quantitative estimate of drug-likeness (QED) is 0.885. The Morgan fingerprint density at radius 2 is 2.06 bits per heavy atom. The van der Waals surface area contributed by atoms with Crippen molar-refractivity contribution < 1.29 is 8.91 Å². The molecule has 2 aromatic rings. The molecule has 0 fully saturated rings. The summed E-state index contributed by atoms with van der Waals surface area (Å²) in [6.07, 6.45) is 1.04. The van der Waals surface area contributed by atoms with Gasteiger partial charge in [-0.1, -0.05) is 12.1 Å². The average Bonchev–Trinajstić information content (AvgIpc) is 2.86. The molecule has 1 N–H and O–H groups in total. The fourth-order valence-electron chi connectivity index (χ4n) is 1.58. The summed E-state index contributed by atoms with van der Waals surface area (Å²) in [5.41, 5.74) is 0.745. The first-order valence-electron chi connectivity index (χ1n) is 6.03. The number of aromatic nitrogens is 2. The average molecular weight is 249 g/mol. The molecule has 0 bridgehead atoms. The van der Waals surface area contributed by atoms with E-state index in [1.165, 1.54) is 12.1 Å². The summed E-state index contributed by atoms with van der Waals surface area (Å²) in [5.74, 6) is 0.748. The molecular formula is C13H16FN3O. The summed E-state index contributed by atoms with van der Waals surface area (Å²) in [6.45, 7) is 4.96. The van der Waals surface area contributed by atoms with Crippen molar-refractivity contribution in [2.24, 2.45) is 0 Å². The van der Waals surface area contributed by atoms with Crippen molar-refractivity contribution in [1.29, 1.82) is 0 Å². The van der Waals surface area contributed by atoms with Crippen LogP contribution in [0.15, 0.2) is 28.8 Å². The van der Waals surface area contributed by atoms with Crippen molar-refractivity contribution in [1.82, 2.24) is 15.5 Å². The molecule has 0 radical (unpaired) electrons. The van der Waals surface area contributed by atoms with Gasteiger partial charge in [-0.25, -0.2) is 4.39 Å². The molecule has 1 aromatic carbocycles. The van der Waals surface area contributed by atoms with Crippen molar-refractivity contribution in [2.75, 3.05) is 6.54 Å². The zero-order valence-electron chi connectivity index (χ0n) is 10.5. The molecule has 0 aliphatic rings. The molecule has 0 saturated carbocycles. The number of rotatable bonds is 5. The largest absolute Gasteiger partial charge is 0.337 e. The smallest absolute Gasteiger partial charge is 0.243 e. The molecule has 1 aromatic heterocycles. The Bertz CT molecular complexity index is 495. The molecule has 18 heavy (non-hydrogen) atoms. The van der Waals surface area contributed by atoms with E-state index in [4.69, 9.17) is 4.52 Å². The molecule has 2 rings (SSSR count). The van der Waals surface area contributed by atoms with Crippen molar-refractivity contribution in [3.8, 4) is 11.4 Å². The molecule has 0 saturated heterocycles. The van der Waals surface area contributed by atoms with Gasteiger partial charge in [0.05, 0.1) is 6.04 Å². The van der Waals surface area contributed by atoms with E-state index in [2.05, 4.69) is 22.4 Å². The van der Waals surface area contributed by atoms with E-state index in [-0.39, 0.29) is 11.9 Å². The lowest BCUT2D eigenvalue weighted by Crippen LogP contribution is -2.19. The summed E-state index contributed by atoms with van der Waals surface area (Å²) >= 11 is 0. The normalized spacial score (nSPS) is 12.6. The van der Waals surface area contributed by atoms with Gasteiger partial charge in [0.1, 0.15) is 5.82 Å². The minimum absolute atomic E-state index is 0.0200. The van der Waals surface area contributed by atoms with Crippen LogP contribution in [0.3, 0.4) is 0 Å². The van der Waals surface area contributed by atoms with Crippen LogP contribution in [0.4, 0.5) is 4.39 Å². The van der Waals surface area contributed by atoms with Crippen LogP contribution in [-0.2, 0) is 0 Å². The first kappa shape index (κ1) is 12.7. The van der Waals surface area contributed by atoms with Crippen molar-refractivity contribution in [2.45, 2.75) is 26.3 Å². The number of nitrogens with one attached hydrogen (secondary N) is 1. The molecule has 0 aliphatic heterocycles. The fraction of sp³-hybridized carbons (Fsp3) is 0.385. The van der Waals surface area contributed by atoms with Gasteiger partial charge in [0.2, 0.25) is 11.7 Å². The monoisotopic (exact) mass is 249 g/mol. The number of benzene rings is 1. The highest BCUT2D eigenvalue weighted by atomic mass is 19.1. The Morgan fingerprint density at radius 1 is 1.33 bits per heavy atom. The summed E-state index contributed by atoms with van der Waals surface area (Å²) in [4.78, 5) is 4.30. The van der Waals surface area contributed by atoms with Crippen LogP contribution in [0, 0.1) is 5.82 Å². The molecule has 96 valence electrons. The lowest BCUT2D eigenvalue weighted by molar-refractivity contribution is 0.340. The van der Waals surface area contributed by atoms with Gasteiger partial charge in [-0.15, -0.1) is 0 Å². The number of hydrogen-bond acceptors (Lipinski definition) is 4. The summed E-state index contributed by atoms with van der Waals surface area (Å²) in [6, 6.07) is 6.04. The molecule has 1 atom stereocenters. The Hall–Kier alpha value is -1.75. The van der Waals surface area contributed by atoms with E-state index in [9.17, 15) is 4.39 Å². The fourth-order valence-corrected chi connectivity index (χ4v) is 1.58. The Balaban J connectivity index is 2.12. The lowest BCUT2D eigenvalue weighted by Gasteiger charge is -2.06. The van der Waals surface area contributed by atoms with E-state index in [1.807, 2.05) is 6.92 Å². The molecule has 4 nitrogen and oxygen atoms in total. The van der Waals surface area contributed by atoms with Gasteiger partial charge < -0.3 is 9.84 Å². The second-order valence-corrected chi connectivity index (χ2v) is 4.14. The first-order chi connectivity index (χ1) is 8.70. The van der Waals surface area contributed by atoms with E-state index in [0.29, 0.717) is 11.7 Å². The highest BCUT2D eigenvalue weighted by Gasteiger charge is 2.14. The zero-order valence-corrected chi connectivity index (χ0v) is 10.5. The number of nitrogens with zero attached hydrogens (tertiary/aromatic N) is 2. The van der Waals surface area contributed by atoms with Gasteiger partial charge in [-0.05, 0) is 44.2 Å². The first-order valence-corrected chi connectivity index (χ1v) is 6.03. The second kappa shape index (κ2) is 5.73. The van der Waals surface area contributed by atoms with Gasteiger partial charge >= 0.3 is 0 Å². The second-order valence-electron chi connectivity index (χ2n) is 4.14. The van der Waals surface area contributed by atoms with Crippen LogP contribution >= 0.6 is 0 Å². The molecule has 0 spiro atoms. The SMILES string of the molecule is CCCNC(C)c1nc(-c2ccc(F)cc2)no1. The van der Waals surface area contributed by atoms with E-state index in [1.54, 1.807) is 12.1 Å². The van der Waals surface area contributed by atoms with Crippen molar-refractivity contribution in [3.05, 3.63) is 36.0 Å². The van der Waals surface area contributed by atoms with Crippen LogP contribution in [-0.4, -0.2) is 16.7 Å². The summed E-state index contributed by atoms with van der Waals surface area (Å²) in [7, 11) is 0. The molecule has 0 aliphatic carbocycles.